The molecular formula is C14H28N2O2. The van der Waals surface area contributed by atoms with Crippen LogP contribution >= 0.6 is 0 Å². The molecule has 18 heavy (non-hydrogen) atoms. The predicted octanol–water partition coefficient (Wildman–Crippen LogP) is 1.65. The Bertz CT molecular complexity index is 226. The van der Waals surface area contributed by atoms with Crippen LogP contribution in [0.1, 0.15) is 39.0 Å². The summed E-state index contributed by atoms with van der Waals surface area (Å²) in [6, 6.07) is 0. The van der Waals surface area contributed by atoms with Crippen LogP contribution in [0.2, 0.25) is 0 Å². The minimum atomic E-state index is -0.0582. The van der Waals surface area contributed by atoms with Gasteiger partial charge in [0.1, 0.15) is 0 Å². The summed E-state index contributed by atoms with van der Waals surface area (Å²) in [5, 5.41) is 3.20. The molecule has 0 radical (unpaired) electrons. The fourth-order valence-electron chi connectivity index (χ4n) is 2.34. The van der Waals surface area contributed by atoms with Gasteiger partial charge in [0.2, 0.25) is 0 Å². The van der Waals surface area contributed by atoms with E-state index in [2.05, 4.69) is 17.1 Å². The van der Waals surface area contributed by atoms with E-state index in [-0.39, 0.29) is 5.97 Å². The molecule has 1 rings (SSSR count). The van der Waals surface area contributed by atoms with Gasteiger partial charge in [0.15, 0.2) is 0 Å². The number of hydrogen-bond donors (Lipinski definition) is 1. The maximum atomic E-state index is 11.6. The Hall–Kier alpha value is -0.610. The second-order valence-electron chi connectivity index (χ2n) is 5.19. The van der Waals surface area contributed by atoms with Gasteiger partial charge in [-0.3, -0.25) is 9.69 Å². The number of likely N-dealkylation sites (tertiary alicyclic amines) is 1. The summed E-state index contributed by atoms with van der Waals surface area (Å²) in [4.78, 5) is 13.8. The van der Waals surface area contributed by atoms with Crippen LogP contribution < -0.4 is 5.32 Å². The van der Waals surface area contributed by atoms with Gasteiger partial charge in [0.05, 0.1) is 13.2 Å². The van der Waals surface area contributed by atoms with Crippen LogP contribution in [0.5, 0.6) is 0 Å². The van der Waals surface area contributed by atoms with E-state index < -0.39 is 0 Å². The van der Waals surface area contributed by atoms with Crippen molar-refractivity contribution in [1.82, 2.24) is 10.2 Å². The number of piperidine rings is 1. The van der Waals surface area contributed by atoms with Gasteiger partial charge < -0.3 is 10.1 Å². The van der Waals surface area contributed by atoms with Gasteiger partial charge in [-0.25, -0.2) is 0 Å². The predicted molar refractivity (Wildman–Crippen MR) is 73.6 cm³/mol. The molecule has 0 aliphatic carbocycles. The SMILES string of the molecule is CCCCOC(=O)CN1CCC(CCNC)CC1. The van der Waals surface area contributed by atoms with Crippen LogP contribution in [0.25, 0.3) is 0 Å². The van der Waals surface area contributed by atoms with Crippen LogP contribution in [0, 0.1) is 5.92 Å². The minimum Gasteiger partial charge on any atom is -0.465 e. The summed E-state index contributed by atoms with van der Waals surface area (Å²) >= 11 is 0. The third kappa shape index (κ3) is 6.36. The number of hydrogen-bond acceptors (Lipinski definition) is 4. The molecule has 1 N–H and O–H groups in total. The van der Waals surface area contributed by atoms with Crippen molar-refractivity contribution < 1.29 is 9.53 Å². The lowest BCUT2D eigenvalue weighted by Gasteiger charge is -2.31. The highest BCUT2D eigenvalue weighted by Gasteiger charge is 2.20. The van der Waals surface area contributed by atoms with Crippen LogP contribution in [0.3, 0.4) is 0 Å². The first-order valence-corrected chi connectivity index (χ1v) is 7.28. The summed E-state index contributed by atoms with van der Waals surface area (Å²) in [5.41, 5.74) is 0. The van der Waals surface area contributed by atoms with Gasteiger partial charge >= 0.3 is 5.97 Å². The standard InChI is InChI=1S/C14H28N2O2/c1-3-4-11-18-14(17)12-16-9-6-13(7-10-16)5-8-15-2/h13,15H,3-12H2,1-2H3. The molecule has 0 aromatic carbocycles. The fraction of sp³-hybridized carbons (Fsp3) is 0.929. The number of carbonyl (C=O) groups excluding carboxylic acids is 1. The van der Waals surface area contributed by atoms with E-state index in [0.717, 1.165) is 38.4 Å². The zero-order valence-corrected chi connectivity index (χ0v) is 11.9. The van der Waals surface area contributed by atoms with Crippen LogP contribution in [0.15, 0.2) is 0 Å². The second kappa shape index (κ2) is 9.34. The zero-order chi connectivity index (χ0) is 13.2. The highest BCUT2D eigenvalue weighted by atomic mass is 16.5. The van der Waals surface area contributed by atoms with Gasteiger partial charge in [-0.15, -0.1) is 0 Å². The number of unbranched alkanes of at least 4 members (excludes halogenated alkanes) is 1. The van der Waals surface area contributed by atoms with Gasteiger partial charge in [-0.2, -0.15) is 0 Å². The van der Waals surface area contributed by atoms with E-state index >= 15 is 0 Å². The van der Waals surface area contributed by atoms with Gasteiger partial charge in [-0.1, -0.05) is 13.3 Å². The molecule has 106 valence electrons. The molecule has 1 aliphatic rings. The first-order chi connectivity index (χ1) is 8.76. The lowest BCUT2D eigenvalue weighted by atomic mass is 9.93. The van der Waals surface area contributed by atoms with Crippen molar-refractivity contribution in [3.63, 3.8) is 0 Å². The summed E-state index contributed by atoms with van der Waals surface area (Å²) in [5.74, 6) is 0.766. The van der Waals surface area contributed by atoms with Gasteiger partial charge in [0.25, 0.3) is 0 Å². The lowest BCUT2D eigenvalue weighted by molar-refractivity contribution is -0.145. The maximum absolute atomic E-state index is 11.6. The normalized spacial score (nSPS) is 17.9. The summed E-state index contributed by atoms with van der Waals surface area (Å²) in [6.07, 6.45) is 5.72. The average Bonchev–Trinajstić information content (AvgIpc) is 2.38. The largest absolute Gasteiger partial charge is 0.465 e. The highest BCUT2D eigenvalue weighted by Crippen LogP contribution is 2.19. The number of carbonyl (C=O) groups is 1. The zero-order valence-electron chi connectivity index (χ0n) is 11.9. The number of nitrogens with one attached hydrogen (secondary N) is 1. The van der Waals surface area contributed by atoms with Crippen LogP contribution in [0.4, 0.5) is 0 Å². The van der Waals surface area contributed by atoms with E-state index in [1.807, 2.05) is 7.05 Å². The molecule has 0 aromatic heterocycles. The monoisotopic (exact) mass is 256 g/mol. The molecule has 4 nitrogen and oxygen atoms in total. The van der Waals surface area contributed by atoms with Crippen molar-refractivity contribution in [3.8, 4) is 0 Å². The topological polar surface area (TPSA) is 41.6 Å². The maximum Gasteiger partial charge on any atom is 0.320 e. The third-order valence-corrected chi connectivity index (χ3v) is 3.62. The Morgan fingerprint density at radius 2 is 2.11 bits per heavy atom. The van der Waals surface area contributed by atoms with Crippen molar-refractivity contribution in [3.05, 3.63) is 0 Å². The van der Waals surface area contributed by atoms with E-state index in [1.54, 1.807) is 0 Å². The molecule has 0 spiro atoms. The molecule has 0 bridgehead atoms. The first kappa shape index (κ1) is 15.4. The molecule has 0 aromatic rings. The lowest BCUT2D eigenvalue weighted by Crippen LogP contribution is -2.38. The van der Waals surface area contributed by atoms with Crippen molar-refractivity contribution >= 4 is 5.97 Å². The molecule has 0 unspecified atom stereocenters. The first-order valence-electron chi connectivity index (χ1n) is 7.28. The van der Waals surface area contributed by atoms with Gasteiger partial charge in [0, 0.05) is 0 Å². The van der Waals surface area contributed by atoms with Crippen LogP contribution in [-0.2, 0) is 9.53 Å². The van der Waals surface area contributed by atoms with Gasteiger partial charge in [-0.05, 0) is 58.3 Å². The van der Waals surface area contributed by atoms with Crippen molar-refractivity contribution in [2.24, 2.45) is 5.92 Å². The molecule has 1 aliphatic heterocycles. The number of rotatable bonds is 8. The van der Waals surface area contributed by atoms with E-state index in [9.17, 15) is 4.79 Å². The van der Waals surface area contributed by atoms with Crippen molar-refractivity contribution in [2.45, 2.75) is 39.0 Å². The Balaban J connectivity index is 2.09. The molecule has 1 heterocycles. The smallest absolute Gasteiger partial charge is 0.320 e. The average molecular weight is 256 g/mol. The Kier molecular flexibility index (Phi) is 8.01. The summed E-state index contributed by atoms with van der Waals surface area (Å²) in [6.45, 7) is 6.33. The Morgan fingerprint density at radius 1 is 1.39 bits per heavy atom. The van der Waals surface area contributed by atoms with Crippen LogP contribution in [-0.4, -0.2) is 50.7 Å². The highest BCUT2D eigenvalue weighted by molar-refractivity contribution is 5.71. The fourth-order valence-corrected chi connectivity index (χ4v) is 2.34. The number of ether oxygens (including phenoxy) is 1. The van der Waals surface area contributed by atoms with Crippen molar-refractivity contribution in [1.29, 1.82) is 0 Å². The molecule has 0 amide bonds. The molecule has 0 saturated carbocycles. The second-order valence-corrected chi connectivity index (χ2v) is 5.19. The van der Waals surface area contributed by atoms with E-state index in [1.165, 1.54) is 19.3 Å². The molecule has 0 atom stereocenters. The molecule has 4 heteroatoms. The molecule has 1 fully saturated rings. The van der Waals surface area contributed by atoms with E-state index in [0.29, 0.717) is 13.2 Å². The molecule has 1 saturated heterocycles. The molecular weight excluding hydrogens is 228 g/mol. The van der Waals surface area contributed by atoms with E-state index in [4.69, 9.17) is 4.74 Å². The summed E-state index contributed by atoms with van der Waals surface area (Å²) < 4.78 is 5.19. The Morgan fingerprint density at radius 3 is 2.72 bits per heavy atom. The Labute approximate surface area is 111 Å². The summed E-state index contributed by atoms with van der Waals surface area (Å²) in [7, 11) is 2.00. The quantitative estimate of drug-likeness (QED) is 0.530. The van der Waals surface area contributed by atoms with Crippen molar-refractivity contribution in [2.75, 3.05) is 39.8 Å². The third-order valence-electron chi connectivity index (χ3n) is 3.62. The number of esters is 1. The minimum absolute atomic E-state index is 0.0582. The number of nitrogens with zero attached hydrogens (tertiary/aromatic N) is 1.